The van der Waals surface area contributed by atoms with Crippen molar-refractivity contribution in [1.82, 2.24) is 4.90 Å². The molecule has 1 saturated carbocycles. The van der Waals surface area contributed by atoms with Crippen LogP contribution >= 0.6 is 0 Å². The van der Waals surface area contributed by atoms with E-state index in [-0.39, 0.29) is 6.10 Å². The predicted octanol–water partition coefficient (Wildman–Crippen LogP) is 1.40. The summed E-state index contributed by atoms with van der Waals surface area (Å²) in [5.41, 5.74) is 0. The molecule has 0 aromatic carbocycles. The van der Waals surface area contributed by atoms with Crippen molar-refractivity contribution in [1.29, 1.82) is 0 Å². The number of likely N-dealkylation sites (tertiary alicyclic amines) is 1. The van der Waals surface area contributed by atoms with Gasteiger partial charge in [-0.2, -0.15) is 0 Å². The molecule has 0 aromatic heterocycles. The SMILES string of the molecule is CCOCC(O)CN1CCCCC1C1CCCC1O. The molecule has 2 aliphatic rings. The lowest BCUT2D eigenvalue weighted by Crippen LogP contribution is -2.49. The fourth-order valence-corrected chi connectivity index (χ4v) is 3.72. The van der Waals surface area contributed by atoms with E-state index >= 15 is 0 Å². The minimum absolute atomic E-state index is 0.130. The molecule has 0 spiro atoms. The summed E-state index contributed by atoms with van der Waals surface area (Å²) in [6, 6.07) is 0.461. The molecule has 2 rings (SSSR count). The van der Waals surface area contributed by atoms with E-state index in [1.165, 1.54) is 19.3 Å². The highest BCUT2D eigenvalue weighted by molar-refractivity contribution is 4.90. The minimum atomic E-state index is -0.404. The van der Waals surface area contributed by atoms with Crippen molar-refractivity contribution in [2.24, 2.45) is 5.92 Å². The van der Waals surface area contributed by atoms with Gasteiger partial charge in [0, 0.05) is 25.1 Å². The molecule has 2 N–H and O–H groups in total. The number of piperidine rings is 1. The van der Waals surface area contributed by atoms with E-state index in [9.17, 15) is 10.2 Å². The van der Waals surface area contributed by atoms with Gasteiger partial charge in [-0.25, -0.2) is 0 Å². The average molecular weight is 271 g/mol. The molecule has 0 amide bonds. The van der Waals surface area contributed by atoms with E-state index in [1.807, 2.05) is 6.92 Å². The minimum Gasteiger partial charge on any atom is -0.393 e. The van der Waals surface area contributed by atoms with Crippen molar-refractivity contribution in [2.45, 2.75) is 63.7 Å². The summed E-state index contributed by atoms with van der Waals surface area (Å²) in [5.74, 6) is 0.416. The summed E-state index contributed by atoms with van der Waals surface area (Å²) in [4.78, 5) is 2.40. The lowest BCUT2D eigenvalue weighted by molar-refractivity contribution is -0.0176. The summed E-state index contributed by atoms with van der Waals surface area (Å²) in [6.07, 6.45) is 6.35. The number of hydrogen-bond acceptors (Lipinski definition) is 4. The molecule has 4 atom stereocenters. The first-order valence-corrected chi connectivity index (χ1v) is 7.90. The highest BCUT2D eigenvalue weighted by Crippen LogP contribution is 2.35. The molecule has 4 heteroatoms. The molecule has 1 saturated heterocycles. The highest BCUT2D eigenvalue weighted by Gasteiger charge is 2.37. The smallest absolute Gasteiger partial charge is 0.0900 e. The highest BCUT2D eigenvalue weighted by atomic mass is 16.5. The second kappa shape index (κ2) is 7.58. The summed E-state index contributed by atoms with van der Waals surface area (Å²) < 4.78 is 5.29. The van der Waals surface area contributed by atoms with Crippen molar-refractivity contribution in [2.75, 3.05) is 26.3 Å². The number of β-amino-alcohol motifs (C(OH)–C–C–N with tert-alkyl or cyclic N) is 1. The Kier molecular flexibility index (Phi) is 6.07. The Balaban J connectivity index is 1.88. The third-order valence-corrected chi connectivity index (χ3v) is 4.65. The maximum Gasteiger partial charge on any atom is 0.0900 e. The molecule has 2 fully saturated rings. The van der Waals surface area contributed by atoms with Gasteiger partial charge in [0.25, 0.3) is 0 Å². The van der Waals surface area contributed by atoms with Gasteiger partial charge in [0.1, 0.15) is 0 Å². The predicted molar refractivity (Wildman–Crippen MR) is 75.1 cm³/mol. The van der Waals surface area contributed by atoms with Crippen molar-refractivity contribution in [3.8, 4) is 0 Å². The fourth-order valence-electron chi connectivity index (χ4n) is 3.72. The zero-order valence-electron chi connectivity index (χ0n) is 12.1. The molecule has 0 aromatic rings. The van der Waals surface area contributed by atoms with E-state index in [4.69, 9.17) is 4.74 Å². The first-order chi connectivity index (χ1) is 9.22. The Morgan fingerprint density at radius 2 is 2.05 bits per heavy atom. The second-order valence-corrected chi connectivity index (χ2v) is 6.03. The normalized spacial score (nSPS) is 34.6. The van der Waals surface area contributed by atoms with Crippen LogP contribution in [0.25, 0.3) is 0 Å². The zero-order valence-corrected chi connectivity index (χ0v) is 12.1. The molecule has 1 aliphatic carbocycles. The molecule has 0 radical (unpaired) electrons. The van der Waals surface area contributed by atoms with Gasteiger partial charge in [-0.05, 0) is 39.2 Å². The molecular formula is C15H29NO3. The largest absolute Gasteiger partial charge is 0.393 e. The summed E-state index contributed by atoms with van der Waals surface area (Å²) in [7, 11) is 0. The molecule has 0 bridgehead atoms. The van der Waals surface area contributed by atoms with Crippen LogP contribution in [0.4, 0.5) is 0 Å². The third kappa shape index (κ3) is 4.15. The van der Waals surface area contributed by atoms with E-state index in [0.29, 0.717) is 31.7 Å². The van der Waals surface area contributed by atoms with Crippen LogP contribution in [0.2, 0.25) is 0 Å². The van der Waals surface area contributed by atoms with Crippen LogP contribution in [-0.2, 0) is 4.74 Å². The fraction of sp³-hybridized carbons (Fsp3) is 1.00. The van der Waals surface area contributed by atoms with Crippen LogP contribution in [-0.4, -0.2) is 59.7 Å². The maximum absolute atomic E-state index is 10.1. The molecule has 1 heterocycles. The quantitative estimate of drug-likeness (QED) is 0.767. The first-order valence-electron chi connectivity index (χ1n) is 7.90. The van der Waals surface area contributed by atoms with Crippen molar-refractivity contribution in [3.63, 3.8) is 0 Å². The Bertz CT molecular complexity index is 262. The van der Waals surface area contributed by atoms with Gasteiger partial charge < -0.3 is 14.9 Å². The standard InChI is InChI=1S/C15H29NO3/c1-2-19-11-12(17)10-16-9-4-3-7-14(16)13-6-5-8-15(13)18/h12-15,17-18H,2-11H2,1H3. The van der Waals surface area contributed by atoms with Crippen LogP contribution in [0.1, 0.15) is 45.4 Å². The van der Waals surface area contributed by atoms with Crippen LogP contribution in [0.15, 0.2) is 0 Å². The molecule has 112 valence electrons. The third-order valence-electron chi connectivity index (χ3n) is 4.65. The lowest BCUT2D eigenvalue weighted by Gasteiger charge is -2.41. The van der Waals surface area contributed by atoms with Gasteiger partial charge >= 0.3 is 0 Å². The molecule has 4 unspecified atom stereocenters. The Hall–Kier alpha value is -0.160. The monoisotopic (exact) mass is 271 g/mol. The first kappa shape index (κ1) is 15.2. The lowest BCUT2D eigenvalue weighted by atomic mass is 9.87. The van der Waals surface area contributed by atoms with Gasteiger partial charge in [-0.3, -0.25) is 4.90 Å². The summed E-state index contributed by atoms with van der Waals surface area (Å²) in [6.45, 7) is 4.77. The van der Waals surface area contributed by atoms with Gasteiger partial charge in [-0.15, -0.1) is 0 Å². The zero-order chi connectivity index (χ0) is 13.7. The average Bonchev–Trinajstić information content (AvgIpc) is 2.83. The molecular weight excluding hydrogens is 242 g/mol. The van der Waals surface area contributed by atoms with E-state index in [1.54, 1.807) is 0 Å². The van der Waals surface area contributed by atoms with E-state index in [2.05, 4.69) is 4.90 Å². The maximum atomic E-state index is 10.1. The van der Waals surface area contributed by atoms with Gasteiger partial charge in [0.05, 0.1) is 18.8 Å². The van der Waals surface area contributed by atoms with E-state index in [0.717, 1.165) is 25.8 Å². The van der Waals surface area contributed by atoms with Crippen molar-refractivity contribution >= 4 is 0 Å². The van der Waals surface area contributed by atoms with E-state index < -0.39 is 6.10 Å². The Labute approximate surface area is 116 Å². The number of ether oxygens (including phenoxy) is 1. The molecule has 1 aliphatic heterocycles. The summed E-state index contributed by atoms with van der Waals surface area (Å²) in [5, 5.41) is 20.2. The second-order valence-electron chi connectivity index (χ2n) is 6.03. The van der Waals surface area contributed by atoms with Crippen molar-refractivity contribution < 1.29 is 14.9 Å². The van der Waals surface area contributed by atoms with Crippen LogP contribution in [0.5, 0.6) is 0 Å². The number of nitrogens with zero attached hydrogens (tertiary/aromatic N) is 1. The summed E-state index contributed by atoms with van der Waals surface area (Å²) >= 11 is 0. The Morgan fingerprint density at radius 1 is 1.21 bits per heavy atom. The number of aliphatic hydroxyl groups excluding tert-OH is 2. The molecule has 19 heavy (non-hydrogen) atoms. The number of rotatable bonds is 6. The number of aliphatic hydroxyl groups is 2. The van der Waals surface area contributed by atoms with Crippen molar-refractivity contribution in [3.05, 3.63) is 0 Å². The number of hydrogen-bond donors (Lipinski definition) is 2. The topological polar surface area (TPSA) is 52.9 Å². The van der Waals surface area contributed by atoms with Gasteiger partial charge in [0.15, 0.2) is 0 Å². The van der Waals surface area contributed by atoms with Gasteiger partial charge in [-0.1, -0.05) is 12.8 Å². The van der Waals surface area contributed by atoms with Crippen LogP contribution in [0, 0.1) is 5.92 Å². The molecule has 4 nitrogen and oxygen atoms in total. The Morgan fingerprint density at radius 3 is 2.74 bits per heavy atom. The van der Waals surface area contributed by atoms with Crippen LogP contribution in [0.3, 0.4) is 0 Å². The van der Waals surface area contributed by atoms with Gasteiger partial charge in [0.2, 0.25) is 0 Å². The van der Waals surface area contributed by atoms with Crippen LogP contribution < -0.4 is 0 Å².